The molecule has 3 rings (SSSR count). The number of imidazole rings is 1. The predicted octanol–water partition coefficient (Wildman–Crippen LogP) is 3.75. The zero-order chi connectivity index (χ0) is 18.0. The molecule has 4 nitrogen and oxygen atoms in total. The van der Waals surface area contributed by atoms with Gasteiger partial charge in [0.1, 0.15) is 12.4 Å². The maximum atomic E-state index is 13.4. The lowest BCUT2D eigenvalue weighted by Gasteiger charge is -2.16. The average molecular weight is 343 g/mol. The Morgan fingerprint density at radius 3 is 2.68 bits per heavy atom. The van der Waals surface area contributed by atoms with Gasteiger partial charge in [-0.1, -0.05) is 25.1 Å². The van der Waals surface area contributed by atoms with E-state index in [2.05, 4.69) is 10.3 Å². The Balaban J connectivity index is 1.77. The molecular formula is C19H19F2N3O. The van der Waals surface area contributed by atoms with Gasteiger partial charge in [0.05, 0.1) is 17.1 Å². The number of rotatable bonds is 5. The van der Waals surface area contributed by atoms with Crippen molar-refractivity contribution in [3.63, 3.8) is 0 Å². The third-order valence-corrected chi connectivity index (χ3v) is 4.17. The number of carbonyl (C=O) groups is 1. The summed E-state index contributed by atoms with van der Waals surface area (Å²) in [7, 11) is 0. The molecule has 2 aromatic carbocycles. The normalized spacial score (nSPS) is 12.3. The van der Waals surface area contributed by atoms with Gasteiger partial charge in [-0.2, -0.15) is 0 Å². The van der Waals surface area contributed by atoms with Crippen LogP contribution in [0, 0.1) is 11.6 Å². The molecule has 0 aliphatic heterocycles. The van der Waals surface area contributed by atoms with Crippen molar-refractivity contribution >= 4 is 16.9 Å². The molecule has 1 amide bonds. The fraction of sp³-hybridized carbons (Fsp3) is 0.263. The van der Waals surface area contributed by atoms with Gasteiger partial charge >= 0.3 is 0 Å². The first kappa shape index (κ1) is 17.1. The van der Waals surface area contributed by atoms with Crippen LogP contribution in [-0.2, 0) is 17.8 Å². The van der Waals surface area contributed by atoms with E-state index in [-0.39, 0.29) is 12.5 Å². The summed E-state index contributed by atoms with van der Waals surface area (Å²) in [4.78, 5) is 17.0. The molecule has 0 radical (unpaired) electrons. The minimum Gasteiger partial charge on any atom is -0.348 e. The van der Waals surface area contributed by atoms with Crippen molar-refractivity contribution in [3.8, 4) is 0 Å². The number of carbonyl (C=O) groups excluding carboxylic acids is 1. The molecule has 1 N–H and O–H groups in total. The summed E-state index contributed by atoms with van der Waals surface area (Å²) in [6.45, 7) is 3.84. The van der Waals surface area contributed by atoms with Crippen molar-refractivity contribution in [2.45, 2.75) is 32.9 Å². The van der Waals surface area contributed by atoms with Gasteiger partial charge in [0.15, 0.2) is 11.6 Å². The highest BCUT2D eigenvalue weighted by atomic mass is 19.2. The number of hydrogen-bond donors (Lipinski definition) is 1. The Hall–Kier alpha value is -2.76. The molecule has 1 unspecified atom stereocenters. The van der Waals surface area contributed by atoms with Crippen molar-refractivity contribution in [3.05, 3.63) is 65.5 Å². The van der Waals surface area contributed by atoms with Gasteiger partial charge in [0.25, 0.3) is 0 Å². The second kappa shape index (κ2) is 7.01. The molecule has 1 aromatic heterocycles. The fourth-order valence-corrected chi connectivity index (χ4v) is 2.87. The van der Waals surface area contributed by atoms with E-state index in [0.717, 1.165) is 29.0 Å². The number of fused-ring (bicyclic) bond motifs is 1. The molecule has 1 heterocycles. The Bertz CT molecular complexity index is 920. The molecule has 0 aliphatic carbocycles. The van der Waals surface area contributed by atoms with E-state index in [1.165, 1.54) is 6.07 Å². The molecule has 0 saturated heterocycles. The standard InChI is InChI=1S/C19H19F2N3O/c1-3-18-23-16-6-4-5-7-17(16)24(18)11-19(25)22-12(2)13-8-9-14(20)15(21)10-13/h4-10,12H,3,11H2,1-2H3,(H,22,25). The summed E-state index contributed by atoms with van der Waals surface area (Å²) in [5.41, 5.74) is 2.26. The molecule has 0 aliphatic rings. The van der Waals surface area contributed by atoms with E-state index in [4.69, 9.17) is 0 Å². The first-order chi connectivity index (χ1) is 12.0. The van der Waals surface area contributed by atoms with Crippen molar-refractivity contribution in [2.75, 3.05) is 0 Å². The van der Waals surface area contributed by atoms with Crippen LogP contribution in [0.15, 0.2) is 42.5 Å². The predicted molar refractivity (Wildman–Crippen MR) is 92.0 cm³/mol. The first-order valence-electron chi connectivity index (χ1n) is 8.18. The molecular weight excluding hydrogens is 324 g/mol. The number of halogens is 2. The molecule has 3 aromatic rings. The maximum Gasteiger partial charge on any atom is 0.240 e. The SMILES string of the molecule is CCc1nc2ccccc2n1CC(=O)NC(C)c1ccc(F)c(F)c1. The van der Waals surface area contributed by atoms with Crippen LogP contribution >= 0.6 is 0 Å². The Morgan fingerprint density at radius 1 is 1.20 bits per heavy atom. The fourth-order valence-electron chi connectivity index (χ4n) is 2.87. The number of hydrogen-bond acceptors (Lipinski definition) is 2. The molecule has 0 saturated carbocycles. The van der Waals surface area contributed by atoms with Gasteiger partial charge in [-0.3, -0.25) is 4.79 Å². The van der Waals surface area contributed by atoms with Crippen LogP contribution in [0.2, 0.25) is 0 Å². The largest absolute Gasteiger partial charge is 0.348 e. The van der Waals surface area contributed by atoms with Gasteiger partial charge in [-0.25, -0.2) is 13.8 Å². The zero-order valence-corrected chi connectivity index (χ0v) is 14.1. The van der Waals surface area contributed by atoms with Crippen molar-refractivity contribution < 1.29 is 13.6 Å². The third-order valence-electron chi connectivity index (χ3n) is 4.17. The molecule has 0 fully saturated rings. The van der Waals surface area contributed by atoms with E-state index in [0.29, 0.717) is 12.0 Å². The Kier molecular flexibility index (Phi) is 4.79. The van der Waals surface area contributed by atoms with E-state index in [1.54, 1.807) is 6.92 Å². The summed E-state index contributed by atoms with van der Waals surface area (Å²) in [6, 6.07) is 10.8. The molecule has 130 valence electrons. The van der Waals surface area contributed by atoms with Gasteiger partial charge < -0.3 is 9.88 Å². The highest BCUT2D eigenvalue weighted by molar-refractivity contribution is 5.81. The van der Waals surface area contributed by atoms with E-state index in [9.17, 15) is 13.6 Å². The molecule has 0 bridgehead atoms. The molecule has 6 heteroatoms. The van der Waals surface area contributed by atoms with Gasteiger partial charge in [-0.15, -0.1) is 0 Å². The number of para-hydroxylation sites is 2. The lowest BCUT2D eigenvalue weighted by molar-refractivity contribution is -0.122. The van der Waals surface area contributed by atoms with E-state index in [1.807, 2.05) is 35.8 Å². The van der Waals surface area contributed by atoms with Crippen LogP contribution in [0.3, 0.4) is 0 Å². The van der Waals surface area contributed by atoms with Crippen LogP contribution in [0.5, 0.6) is 0 Å². The monoisotopic (exact) mass is 343 g/mol. The first-order valence-corrected chi connectivity index (χ1v) is 8.18. The van der Waals surface area contributed by atoms with Crippen LogP contribution in [0.25, 0.3) is 11.0 Å². The number of aryl methyl sites for hydroxylation is 1. The number of amides is 1. The minimum atomic E-state index is -0.924. The Labute approximate surface area is 144 Å². The van der Waals surface area contributed by atoms with Crippen molar-refractivity contribution in [1.29, 1.82) is 0 Å². The topological polar surface area (TPSA) is 46.9 Å². The molecule has 0 spiro atoms. The second-order valence-corrected chi connectivity index (χ2v) is 5.92. The van der Waals surface area contributed by atoms with Crippen molar-refractivity contribution in [2.24, 2.45) is 0 Å². The number of nitrogens with zero attached hydrogens (tertiary/aromatic N) is 2. The number of aromatic nitrogens is 2. The average Bonchev–Trinajstić information content (AvgIpc) is 2.95. The maximum absolute atomic E-state index is 13.4. The van der Waals surface area contributed by atoms with Crippen molar-refractivity contribution in [1.82, 2.24) is 14.9 Å². The van der Waals surface area contributed by atoms with E-state index >= 15 is 0 Å². The minimum absolute atomic E-state index is 0.123. The lowest BCUT2D eigenvalue weighted by Crippen LogP contribution is -2.30. The summed E-state index contributed by atoms with van der Waals surface area (Å²) in [5, 5.41) is 2.82. The van der Waals surface area contributed by atoms with E-state index < -0.39 is 17.7 Å². The number of nitrogens with one attached hydrogen (secondary N) is 1. The Morgan fingerprint density at radius 2 is 1.96 bits per heavy atom. The molecule has 25 heavy (non-hydrogen) atoms. The molecule has 1 atom stereocenters. The summed E-state index contributed by atoms with van der Waals surface area (Å²) in [6.07, 6.45) is 0.709. The third kappa shape index (κ3) is 3.52. The van der Waals surface area contributed by atoms with Crippen LogP contribution in [-0.4, -0.2) is 15.5 Å². The van der Waals surface area contributed by atoms with Crippen LogP contribution in [0.4, 0.5) is 8.78 Å². The highest BCUT2D eigenvalue weighted by Crippen LogP contribution is 2.18. The summed E-state index contributed by atoms with van der Waals surface area (Å²) >= 11 is 0. The van der Waals surface area contributed by atoms with Gasteiger partial charge in [0.2, 0.25) is 5.91 Å². The van der Waals surface area contributed by atoms with Crippen LogP contribution < -0.4 is 5.32 Å². The smallest absolute Gasteiger partial charge is 0.240 e. The second-order valence-electron chi connectivity index (χ2n) is 5.92. The van der Waals surface area contributed by atoms with Crippen LogP contribution in [0.1, 0.15) is 31.3 Å². The quantitative estimate of drug-likeness (QED) is 0.767. The highest BCUT2D eigenvalue weighted by Gasteiger charge is 2.15. The summed E-state index contributed by atoms with van der Waals surface area (Å²) < 4.78 is 28.3. The zero-order valence-electron chi connectivity index (χ0n) is 14.1. The van der Waals surface area contributed by atoms with Gasteiger partial charge in [-0.05, 0) is 36.8 Å². The van der Waals surface area contributed by atoms with Gasteiger partial charge in [0, 0.05) is 6.42 Å². The lowest BCUT2D eigenvalue weighted by atomic mass is 10.1. The summed E-state index contributed by atoms with van der Waals surface area (Å²) in [5.74, 6) is -1.21. The number of benzene rings is 2.